The van der Waals surface area contributed by atoms with Crippen molar-refractivity contribution in [1.29, 1.82) is 0 Å². The largest absolute Gasteiger partial charge is 0.354 e. The zero-order chi connectivity index (χ0) is 13.4. The Hall–Kier alpha value is -0.810. The number of nitrogens with two attached hydrogens (primary N) is 1. The number of hydrogen-bond donors (Lipinski definition) is 2. The highest BCUT2D eigenvalue weighted by Gasteiger charge is 2.23. The minimum Gasteiger partial charge on any atom is -0.354 e. The summed E-state index contributed by atoms with van der Waals surface area (Å²) in [7, 11) is 1.96. The molecule has 0 heterocycles. The van der Waals surface area contributed by atoms with Crippen LogP contribution in [0.15, 0.2) is 30.3 Å². The number of nitrogens with zero attached hydrogens (tertiary/aromatic N) is 1. The Morgan fingerprint density at radius 1 is 1.30 bits per heavy atom. The molecule has 1 unspecified atom stereocenters. The van der Waals surface area contributed by atoms with Crippen LogP contribution in [0.25, 0.3) is 0 Å². The number of amides is 1. The van der Waals surface area contributed by atoms with Crippen molar-refractivity contribution < 1.29 is 4.79 Å². The lowest BCUT2D eigenvalue weighted by Gasteiger charge is -2.26. The van der Waals surface area contributed by atoms with Gasteiger partial charge in [0.05, 0.1) is 0 Å². The summed E-state index contributed by atoms with van der Waals surface area (Å²) >= 11 is 0. The highest BCUT2D eigenvalue weighted by atomic mass is 35.5. The molecular weight excluding hydrogens is 297 g/mol. The molecule has 0 aliphatic rings. The van der Waals surface area contributed by atoms with Crippen molar-refractivity contribution >= 4 is 30.7 Å². The van der Waals surface area contributed by atoms with Crippen molar-refractivity contribution in [2.24, 2.45) is 5.73 Å². The quantitative estimate of drug-likeness (QED) is 0.755. The standard InChI is InChI=1S/C14H23N3O.2ClH/c1-3-17(2)13(12-8-5-4-6-9-12)14(18)16-11-7-10-15;;/h4-6,8-9,13H,3,7,10-11,15H2,1-2H3,(H,16,18);2*1H. The van der Waals surface area contributed by atoms with E-state index in [1.165, 1.54) is 0 Å². The number of rotatable bonds is 7. The third-order valence-corrected chi connectivity index (χ3v) is 2.98. The monoisotopic (exact) mass is 321 g/mol. The molecule has 0 aromatic heterocycles. The summed E-state index contributed by atoms with van der Waals surface area (Å²) in [5, 5.41) is 2.94. The molecule has 1 rings (SSSR count). The summed E-state index contributed by atoms with van der Waals surface area (Å²) in [5.74, 6) is 0.0407. The van der Waals surface area contributed by atoms with Crippen molar-refractivity contribution in [3.05, 3.63) is 35.9 Å². The molecule has 1 amide bonds. The molecule has 0 fully saturated rings. The Labute approximate surface area is 133 Å². The molecule has 4 nitrogen and oxygen atoms in total. The highest BCUT2D eigenvalue weighted by Crippen LogP contribution is 2.18. The molecule has 0 radical (unpaired) electrons. The average Bonchev–Trinajstić information content (AvgIpc) is 2.40. The fraction of sp³-hybridized carbons (Fsp3) is 0.500. The number of benzene rings is 1. The number of carbonyl (C=O) groups is 1. The summed E-state index contributed by atoms with van der Waals surface area (Å²) < 4.78 is 0. The molecule has 6 heteroatoms. The van der Waals surface area contributed by atoms with Gasteiger partial charge in [0.2, 0.25) is 5.91 Å². The zero-order valence-electron chi connectivity index (χ0n) is 12.0. The molecule has 0 aliphatic heterocycles. The van der Waals surface area contributed by atoms with E-state index in [1.54, 1.807) is 0 Å². The van der Waals surface area contributed by atoms with Gasteiger partial charge in [-0.05, 0) is 32.1 Å². The maximum absolute atomic E-state index is 12.2. The van der Waals surface area contributed by atoms with Crippen LogP contribution in [0.1, 0.15) is 24.9 Å². The first-order valence-corrected chi connectivity index (χ1v) is 6.43. The van der Waals surface area contributed by atoms with Gasteiger partial charge in [0.15, 0.2) is 0 Å². The van der Waals surface area contributed by atoms with Crippen LogP contribution < -0.4 is 11.1 Å². The first kappa shape index (κ1) is 21.5. The lowest BCUT2D eigenvalue weighted by atomic mass is 10.0. The van der Waals surface area contributed by atoms with Crippen LogP contribution in [0, 0.1) is 0 Å². The second kappa shape index (κ2) is 12.0. The summed E-state index contributed by atoms with van der Waals surface area (Å²) in [4.78, 5) is 14.3. The second-order valence-electron chi connectivity index (χ2n) is 4.32. The number of hydrogen-bond acceptors (Lipinski definition) is 3. The van der Waals surface area contributed by atoms with E-state index in [9.17, 15) is 4.79 Å². The minimum absolute atomic E-state index is 0. The molecule has 116 valence electrons. The van der Waals surface area contributed by atoms with Gasteiger partial charge in [-0.25, -0.2) is 0 Å². The molecule has 3 N–H and O–H groups in total. The summed E-state index contributed by atoms with van der Waals surface area (Å²) in [6.45, 7) is 4.10. The Morgan fingerprint density at radius 2 is 1.90 bits per heavy atom. The van der Waals surface area contributed by atoms with Crippen molar-refractivity contribution in [1.82, 2.24) is 10.2 Å². The fourth-order valence-corrected chi connectivity index (χ4v) is 1.83. The molecular formula is C14H25Cl2N3O. The maximum Gasteiger partial charge on any atom is 0.241 e. The normalized spacial score (nSPS) is 11.2. The van der Waals surface area contributed by atoms with Crippen LogP contribution in [0.2, 0.25) is 0 Å². The van der Waals surface area contributed by atoms with Gasteiger partial charge in [0, 0.05) is 6.54 Å². The first-order valence-electron chi connectivity index (χ1n) is 6.43. The van der Waals surface area contributed by atoms with Crippen LogP contribution in [0.4, 0.5) is 0 Å². The van der Waals surface area contributed by atoms with Crippen LogP contribution in [0.5, 0.6) is 0 Å². The Kier molecular flexibility index (Phi) is 12.9. The van der Waals surface area contributed by atoms with Crippen LogP contribution >= 0.6 is 24.8 Å². The Balaban J connectivity index is 0. The Bertz CT molecular complexity index is 363. The van der Waals surface area contributed by atoms with E-state index in [4.69, 9.17) is 5.73 Å². The van der Waals surface area contributed by atoms with E-state index in [-0.39, 0.29) is 36.8 Å². The summed E-state index contributed by atoms with van der Waals surface area (Å²) in [6.07, 6.45) is 0.809. The van der Waals surface area contributed by atoms with Crippen molar-refractivity contribution in [2.45, 2.75) is 19.4 Å². The van der Waals surface area contributed by atoms with Crippen LogP contribution in [-0.4, -0.2) is 37.5 Å². The number of likely N-dealkylation sites (N-methyl/N-ethyl adjacent to an activating group) is 1. The number of carbonyl (C=O) groups excluding carboxylic acids is 1. The predicted molar refractivity (Wildman–Crippen MR) is 88.7 cm³/mol. The van der Waals surface area contributed by atoms with E-state index in [1.807, 2.05) is 49.2 Å². The van der Waals surface area contributed by atoms with E-state index in [0.717, 1.165) is 18.5 Å². The average molecular weight is 322 g/mol. The third kappa shape index (κ3) is 6.57. The molecule has 1 atom stereocenters. The molecule has 0 spiro atoms. The topological polar surface area (TPSA) is 58.4 Å². The lowest BCUT2D eigenvalue weighted by Crippen LogP contribution is -2.39. The van der Waals surface area contributed by atoms with E-state index >= 15 is 0 Å². The SMILES string of the molecule is CCN(C)C(C(=O)NCCCN)c1ccccc1.Cl.Cl. The molecule has 1 aromatic rings. The minimum atomic E-state index is -0.228. The zero-order valence-corrected chi connectivity index (χ0v) is 13.7. The second-order valence-corrected chi connectivity index (χ2v) is 4.32. The highest BCUT2D eigenvalue weighted by molar-refractivity contribution is 5.85. The van der Waals surface area contributed by atoms with Gasteiger partial charge in [0.25, 0.3) is 0 Å². The van der Waals surface area contributed by atoms with Gasteiger partial charge in [0.1, 0.15) is 6.04 Å². The molecule has 0 saturated heterocycles. The van der Waals surface area contributed by atoms with Gasteiger partial charge >= 0.3 is 0 Å². The van der Waals surface area contributed by atoms with Gasteiger partial charge in [-0.1, -0.05) is 37.3 Å². The first-order chi connectivity index (χ1) is 8.70. The fourth-order valence-electron chi connectivity index (χ4n) is 1.83. The molecule has 0 bridgehead atoms. The lowest BCUT2D eigenvalue weighted by molar-refractivity contribution is -0.126. The maximum atomic E-state index is 12.2. The van der Waals surface area contributed by atoms with E-state index in [2.05, 4.69) is 5.32 Å². The Morgan fingerprint density at radius 3 is 2.40 bits per heavy atom. The van der Waals surface area contributed by atoms with E-state index < -0.39 is 0 Å². The number of nitrogens with one attached hydrogen (secondary N) is 1. The third-order valence-electron chi connectivity index (χ3n) is 2.98. The van der Waals surface area contributed by atoms with Crippen LogP contribution in [-0.2, 0) is 4.79 Å². The van der Waals surface area contributed by atoms with Crippen molar-refractivity contribution in [3.63, 3.8) is 0 Å². The van der Waals surface area contributed by atoms with Crippen LogP contribution in [0.3, 0.4) is 0 Å². The number of halogens is 2. The molecule has 0 saturated carbocycles. The molecule has 1 aromatic carbocycles. The smallest absolute Gasteiger partial charge is 0.241 e. The molecule has 0 aliphatic carbocycles. The summed E-state index contributed by atoms with van der Waals surface area (Å²) in [5.41, 5.74) is 6.45. The van der Waals surface area contributed by atoms with Gasteiger partial charge in [-0.2, -0.15) is 0 Å². The van der Waals surface area contributed by atoms with Gasteiger partial charge in [-0.15, -0.1) is 24.8 Å². The van der Waals surface area contributed by atoms with Gasteiger partial charge < -0.3 is 11.1 Å². The van der Waals surface area contributed by atoms with Crippen molar-refractivity contribution in [2.75, 3.05) is 26.7 Å². The predicted octanol–water partition coefficient (Wildman–Crippen LogP) is 1.99. The molecule has 20 heavy (non-hydrogen) atoms. The van der Waals surface area contributed by atoms with E-state index in [0.29, 0.717) is 13.1 Å². The van der Waals surface area contributed by atoms with Gasteiger partial charge in [-0.3, -0.25) is 9.69 Å². The van der Waals surface area contributed by atoms with Crippen molar-refractivity contribution in [3.8, 4) is 0 Å². The summed E-state index contributed by atoms with van der Waals surface area (Å²) in [6, 6.07) is 9.61.